The molecular weight excluding hydrogens is 262 g/mol. The van der Waals surface area contributed by atoms with Gasteiger partial charge in [0.25, 0.3) is 0 Å². The highest BCUT2D eigenvalue weighted by molar-refractivity contribution is 5.82. The molecule has 0 radical (unpaired) electrons. The van der Waals surface area contributed by atoms with Crippen LogP contribution in [0.3, 0.4) is 0 Å². The van der Waals surface area contributed by atoms with E-state index < -0.39 is 0 Å². The molecule has 2 N–H and O–H groups in total. The summed E-state index contributed by atoms with van der Waals surface area (Å²) < 4.78 is 5.84. The Hall–Kier alpha value is -1.49. The normalized spacial score (nSPS) is 25.1. The van der Waals surface area contributed by atoms with Crippen molar-refractivity contribution >= 4 is 10.9 Å². The Morgan fingerprint density at radius 2 is 1.95 bits per heavy atom. The second kappa shape index (κ2) is 6.10. The topological polar surface area (TPSA) is 51.4 Å². The first kappa shape index (κ1) is 14.4. The van der Waals surface area contributed by atoms with Gasteiger partial charge < -0.3 is 10.5 Å². The zero-order valence-corrected chi connectivity index (χ0v) is 12.7. The molecule has 1 aromatic carbocycles. The van der Waals surface area contributed by atoms with E-state index in [1.807, 2.05) is 12.3 Å². The minimum absolute atomic E-state index is 0.192. The van der Waals surface area contributed by atoms with Crippen molar-refractivity contribution in [3.63, 3.8) is 0 Å². The number of morpholine rings is 1. The van der Waals surface area contributed by atoms with Crippen LogP contribution in [0.5, 0.6) is 0 Å². The maximum atomic E-state index is 6.11. The number of pyridine rings is 1. The Morgan fingerprint density at radius 1 is 1.24 bits per heavy atom. The molecule has 0 aliphatic carbocycles. The molecule has 3 atom stereocenters. The van der Waals surface area contributed by atoms with Crippen molar-refractivity contribution in [2.75, 3.05) is 19.6 Å². The van der Waals surface area contributed by atoms with E-state index >= 15 is 0 Å². The van der Waals surface area contributed by atoms with Crippen LogP contribution < -0.4 is 5.73 Å². The maximum Gasteiger partial charge on any atom is 0.0750 e. The number of nitrogens with two attached hydrogens (primary N) is 1. The molecule has 1 fully saturated rings. The standard InChI is InChI=1S/C17H23N3O/c1-12-10-20(11-13(2)21-12)16(9-18)15-7-3-5-14-6-4-8-19-17(14)15/h3-8,12-13,16H,9-11,18H2,1-2H3/t12-,13+,16?. The Bertz CT molecular complexity index is 601. The van der Waals surface area contributed by atoms with Gasteiger partial charge in [-0.15, -0.1) is 0 Å². The van der Waals surface area contributed by atoms with Crippen molar-refractivity contribution in [3.8, 4) is 0 Å². The molecule has 21 heavy (non-hydrogen) atoms. The highest BCUT2D eigenvalue weighted by Crippen LogP contribution is 2.28. The highest BCUT2D eigenvalue weighted by atomic mass is 16.5. The van der Waals surface area contributed by atoms with Crippen molar-refractivity contribution in [2.24, 2.45) is 5.73 Å². The summed E-state index contributed by atoms with van der Waals surface area (Å²) in [6, 6.07) is 10.6. The van der Waals surface area contributed by atoms with Gasteiger partial charge in [-0.3, -0.25) is 9.88 Å². The van der Waals surface area contributed by atoms with Crippen molar-refractivity contribution < 1.29 is 4.74 Å². The Morgan fingerprint density at radius 3 is 2.67 bits per heavy atom. The van der Waals surface area contributed by atoms with Crippen LogP contribution in [0.15, 0.2) is 36.5 Å². The zero-order chi connectivity index (χ0) is 14.8. The van der Waals surface area contributed by atoms with Gasteiger partial charge in [0.1, 0.15) is 0 Å². The summed E-state index contributed by atoms with van der Waals surface area (Å²) in [4.78, 5) is 7.00. The molecule has 0 bridgehead atoms. The molecule has 0 amide bonds. The molecule has 2 heterocycles. The van der Waals surface area contributed by atoms with Crippen LogP contribution in [-0.4, -0.2) is 41.7 Å². The number of hydrogen-bond donors (Lipinski definition) is 1. The van der Waals surface area contributed by atoms with Gasteiger partial charge in [-0.2, -0.15) is 0 Å². The van der Waals surface area contributed by atoms with Gasteiger partial charge in [0.05, 0.1) is 17.7 Å². The predicted molar refractivity (Wildman–Crippen MR) is 85.1 cm³/mol. The number of ether oxygens (including phenoxy) is 1. The largest absolute Gasteiger partial charge is 0.373 e. The van der Waals surface area contributed by atoms with E-state index in [4.69, 9.17) is 10.5 Å². The Labute approximate surface area is 125 Å². The van der Waals surface area contributed by atoms with Crippen LogP contribution in [0, 0.1) is 0 Å². The summed E-state index contributed by atoms with van der Waals surface area (Å²) in [7, 11) is 0. The average Bonchev–Trinajstić information content (AvgIpc) is 2.47. The van der Waals surface area contributed by atoms with E-state index in [2.05, 4.69) is 48.0 Å². The molecule has 112 valence electrons. The van der Waals surface area contributed by atoms with Crippen LogP contribution in [0.4, 0.5) is 0 Å². The first-order valence-electron chi connectivity index (χ1n) is 7.62. The lowest BCUT2D eigenvalue weighted by atomic mass is 10.00. The van der Waals surface area contributed by atoms with Crippen LogP contribution >= 0.6 is 0 Å². The smallest absolute Gasteiger partial charge is 0.0750 e. The monoisotopic (exact) mass is 285 g/mol. The maximum absolute atomic E-state index is 6.11. The van der Waals surface area contributed by atoms with Crippen LogP contribution in [0.2, 0.25) is 0 Å². The quantitative estimate of drug-likeness (QED) is 0.940. The summed E-state index contributed by atoms with van der Waals surface area (Å²) in [5, 5.41) is 1.17. The lowest BCUT2D eigenvalue weighted by Crippen LogP contribution is -2.48. The van der Waals surface area contributed by atoms with E-state index in [0.717, 1.165) is 18.6 Å². The number of benzene rings is 1. The third-order valence-corrected chi connectivity index (χ3v) is 4.13. The van der Waals surface area contributed by atoms with Gasteiger partial charge in [0.15, 0.2) is 0 Å². The molecule has 1 unspecified atom stereocenters. The van der Waals surface area contributed by atoms with Gasteiger partial charge in [-0.1, -0.05) is 24.3 Å². The van der Waals surface area contributed by atoms with Crippen LogP contribution in [-0.2, 0) is 4.74 Å². The summed E-state index contributed by atoms with van der Waals surface area (Å²) in [5.41, 5.74) is 8.38. The van der Waals surface area contributed by atoms with Crippen LogP contribution in [0.25, 0.3) is 10.9 Å². The average molecular weight is 285 g/mol. The number of fused-ring (bicyclic) bond motifs is 1. The van der Waals surface area contributed by atoms with Gasteiger partial charge in [0.2, 0.25) is 0 Å². The second-order valence-corrected chi connectivity index (χ2v) is 5.89. The molecule has 1 aromatic heterocycles. The van der Waals surface area contributed by atoms with E-state index in [1.165, 1.54) is 10.9 Å². The molecule has 2 aromatic rings. The van der Waals surface area contributed by atoms with E-state index in [1.54, 1.807) is 0 Å². The fraction of sp³-hybridized carbons (Fsp3) is 0.471. The summed E-state index contributed by atoms with van der Waals surface area (Å²) in [5.74, 6) is 0. The van der Waals surface area contributed by atoms with Crippen molar-refractivity contribution in [3.05, 3.63) is 42.1 Å². The van der Waals surface area contributed by atoms with Gasteiger partial charge >= 0.3 is 0 Å². The summed E-state index contributed by atoms with van der Waals surface area (Å²) in [6.45, 7) is 6.66. The number of hydrogen-bond acceptors (Lipinski definition) is 4. The second-order valence-electron chi connectivity index (χ2n) is 5.89. The fourth-order valence-electron chi connectivity index (χ4n) is 3.34. The Balaban J connectivity index is 1.98. The molecule has 4 nitrogen and oxygen atoms in total. The first-order valence-corrected chi connectivity index (χ1v) is 7.62. The number of para-hydroxylation sites is 1. The highest BCUT2D eigenvalue weighted by Gasteiger charge is 2.29. The first-order chi connectivity index (χ1) is 10.2. The summed E-state index contributed by atoms with van der Waals surface area (Å²) >= 11 is 0. The van der Waals surface area contributed by atoms with Gasteiger partial charge in [-0.05, 0) is 25.5 Å². The molecule has 0 saturated carbocycles. The van der Waals surface area contributed by atoms with E-state index in [0.29, 0.717) is 6.54 Å². The lowest BCUT2D eigenvalue weighted by Gasteiger charge is -2.40. The lowest BCUT2D eigenvalue weighted by molar-refractivity contribution is -0.0798. The number of nitrogens with zero attached hydrogens (tertiary/aromatic N) is 2. The molecule has 4 heteroatoms. The molecule has 1 saturated heterocycles. The molecule has 0 spiro atoms. The summed E-state index contributed by atoms with van der Waals surface area (Å²) in [6.07, 6.45) is 2.33. The number of rotatable bonds is 3. The minimum atomic E-state index is 0.192. The molecule has 1 aliphatic rings. The van der Waals surface area contributed by atoms with Crippen molar-refractivity contribution in [2.45, 2.75) is 32.1 Å². The predicted octanol–water partition coefficient (Wildman–Crippen LogP) is 2.34. The van der Waals surface area contributed by atoms with Crippen molar-refractivity contribution in [1.29, 1.82) is 0 Å². The van der Waals surface area contributed by atoms with Gasteiger partial charge in [0, 0.05) is 37.3 Å². The fourth-order valence-corrected chi connectivity index (χ4v) is 3.34. The van der Waals surface area contributed by atoms with E-state index in [-0.39, 0.29) is 18.2 Å². The van der Waals surface area contributed by atoms with Gasteiger partial charge in [-0.25, -0.2) is 0 Å². The molecular formula is C17H23N3O. The third-order valence-electron chi connectivity index (χ3n) is 4.13. The minimum Gasteiger partial charge on any atom is -0.373 e. The molecule has 1 aliphatic heterocycles. The number of aromatic nitrogens is 1. The molecule has 3 rings (SSSR count). The van der Waals surface area contributed by atoms with Crippen LogP contribution in [0.1, 0.15) is 25.5 Å². The SMILES string of the molecule is C[C@@H]1CN(C(CN)c2cccc3cccnc23)C[C@H](C)O1. The van der Waals surface area contributed by atoms with E-state index in [9.17, 15) is 0 Å². The third kappa shape index (κ3) is 2.93. The van der Waals surface area contributed by atoms with Crippen molar-refractivity contribution in [1.82, 2.24) is 9.88 Å². The zero-order valence-electron chi connectivity index (χ0n) is 12.7. The Kier molecular flexibility index (Phi) is 4.19.